The first kappa shape index (κ1) is 12.0. The van der Waals surface area contributed by atoms with Crippen molar-refractivity contribution in [1.29, 1.82) is 0 Å². The highest BCUT2D eigenvalue weighted by Gasteiger charge is 2.28. The molecule has 1 heterocycles. The van der Waals surface area contributed by atoms with E-state index in [0.717, 1.165) is 16.7 Å². The van der Waals surface area contributed by atoms with Gasteiger partial charge < -0.3 is 10.2 Å². The van der Waals surface area contributed by atoms with Crippen molar-refractivity contribution >= 4 is 28.9 Å². The minimum Gasteiger partial charge on any atom is -0.481 e. The molecule has 0 aromatic heterocycles. The fourth-order valence-corrected chi connectivity index (χ4v) is 1.98. The number of hydrogen-bond acceptors (Lipinski definition) is 5. The average molecular weight is 233 g/mol. The molecule has 0 aromatic carbocycles. The van der Waals surface area contributed by atoms with E-state index in [2.05, 4.69) is 0 Å². The summed E-state index contributed by atoms with van der Waals surface area (Å²) in [7, 11) is 0. The highest BCUT2D eigenvalue weighted by molar-refractivity contribution is 8.13. The van der Waals surface area contributed by atoms with Gasteiger partial charge in [0.2, 0.25) is 5.91 Å². The second-order valence-electron chi connectivity index (χ2n) is 3.12. The van der Waals surface area contributed by atoms with Crippen LogP contribution in [0.4, 0.5) is 4.79 Å². The minimum absolute atomic E-state index is 0.239. The lowest BCUT2D eigenvalue weighted by atomic mass is 10.2. The number of imide groups is 1. The van der Waals surface area contributed by atoms with Crippen LogP contribution in [-0.2, 0) is 9.59 Å². The average Bonchev–Trinajstić information content (AvgIpc) is 2.10. The highest BCUT2D eigenvalue weighted by Crippen LogP contribution is 2.18. The largest absolute Gasteiger partial charge is 0.481 e. The topological polar surface area (TPSA) is 94.9 Å². The summed E-state index contributed by atoms with van der Waals surface area (Å²) in [5.74, 6) is -1.07. The fourth-order valence-electron chi connectivity index (χ4n) is 1.19. The van der Waals surface area contributed by atoms with Crippen LogP contribution in [0.15, 0.2) is 0 Å². The van der Waals surface area contributed by atoms with Crippen LogP contribution in [0.2, 0.25) is 0 Å². The second-order valence-corrected chi connectivity index (χ2v) is 4.17. The summed E-state index contributed by atoms with van der Waals surface area (Å²) in [6.45, 7) is -0.239. The van der Waals surface area contributed by atoms with E-state index in [-0.39, 0.29) is 18.9 Å². The van der Waals surface area contributed by atoms with Crippen LogP contribution in [0.3, 0.4) is 0 Å². The third-order valence-electron chi connectivity index (χ3n) is 1.87. The Morgan fingerprint density at radius 1 is 1.53 bits per heavy atom. The molecule has 0 radical (unpaired) electrons. The molecule has 1 atom stereocenters. The van der Waals surface area contributed by atoms with Gasteiger partial charge in [0, 0.05) is 12.2 Å². The van der Waals surface area contributed by atoms with Gasteiger partial charge in [-0.25, -0.2) is 0 Å². The number of nitrogens with zero attached hydrogens (tertiary/aromatic N) is 1. The zero-order valence-corrected chi connectivity index (χ0v) is 8.70. The van der Waals surface area contributed by atoms with Crippen LogP contribution in [-0.4, -0.2) is 50.6 Å². The van der Waals surface area contributed by atoms with Crippen LogP contribution >= 0.6 is 11.8 Å². The monoisotopic (exact) mass is 233 g/mol. The molecule has 1 saturated heterocycles. The molecule has 0 spiro atoms. The lowest BCUT2D eigenvalue weighted by Gasteiger charge is -2.25. The molecular weight excluding hydrogens is 222 g/mol. The zero-order valence-electron chi connectivity index (χ0n) is 7.88. The maximum Gasteiger partial charge on any atom is 0.306 e. The lowest BCUT2D eigenvalue weighted by Crippen LogP contribution is -2.43. The Morgan fingerprint density at radius 2 is 2.20 bits per heavy atom. The van der Waals surface area contributed by atoms with Gasteiger partial charge in [-0.15, -0.1) is 0 Å². The smallest absolute Gasteiger partial charge is 0.306 e. The van der Waals surface area contributed by atoms with Crippen LogP contribution in [0, 0.1) is 0 Å². The number of carbonyl (C=O) groups is 3. The lowest BCUT2D eigenvalue weighted by molar-refractivity contribution is -0.140. The molecule has 0 bridgehead atoms. The summed E-state index contributed by atoms with van der Waals surface area (Å²) in [6, 6.07) is 0. The van der Waals surface area contributed by atoms with Gasteiger partial charge in [-0.1, -0.05) is 11.8 Å². The summed E-state index contributed by atoms with van der Waals surface area (Å²) in [5.41, 5.74) is 0. The molecule has 2 N–H and O–H groups in total. The van der Waals surface area contributed by atoms with Crippen molar-refractivity contribution in [2.75, 3.05) is 12.3 Å². The van der Waals surface area contributed by atoms with Crippen LogP contribution < -0.4 is 0 Å². The maximum atomic E-state index is 11.3. The van der Waals surface area contributed by atoms with Crippen molar-refractivity contribution in [3.63, 3.8) is 0 Å². The van der Waals surface area contributed by atoms with Gasteiger partial charge in [-0.3, -0.25) is 19.3 Å². The van der Waals surface area contributed by atoms with Crippen molar-refractivity contribution < 1.29 is 24.6 Å². The summed E-state index contributed by atoms with van der Waals surface area (Å²) in [4.78, 5) is 33.7. The number of aliphatic hydroxyl groups is 1. The number of aliphatic carboxylic acids is 1. The summed E-state index contributed by atoms with van der Waals surface area (Å²) in [6.07, 6.45) is -1.42. The van der Waals surface area contributed by atoms with Gasteiger partial charge in [0.15, 0.2) is 0 Å². The van der Waals surface area contributed by atoms with Crippen LogP contribution in [0.1, 0.15) is 12.8 Å². The van der Waals surface area contributed by atoms with Crippen molar-refractivity contribution in [1.82, 2.24) is 4.90 Å². The Balaban J connectivity index is 2.51. The van der Waals surface area contributed by atoms with Crippen LogP contribution in [0.25, 0.3) is 0 Å². The summed E-state index contributed by atoms with van der Waals surface area (Å²) in [5, 5.41) is 17.2. The Morgan fingerprint density at radius 3 is 2.73 bits per heavy atom. The molecule has 84 valence electrons. The molecule has 6 nitrogen and oxygen atoms in total. The fraction of sp³-hybridized carbons (Fsp3) is 0.625. The van der Waals surface area contributed by atoms with E-state index < -0.39 is 23.7 Å². The number of hydrogen-bond donors (Lipinski definition) is 2. The van der Waals surface area contributed by atoms with Crippen molar-refractivity contribution in [2.24, 2.45) is 0 Å². The van der Waals surface area contributed by atoms with Crippen molar-refractivity contribution in [2.45, 2.75) is 18.9 Å². The predicted octanol–water partition coefficient (Wildman–Crippen LogP) is -0.0925. The third-order valence-corrected chi connectivity index (χ3v) is 2.74. The Labute approximate surface area is 90.2 Å². The van der Waals surface area contributed by atoms with E-state index in [4.69, 9.17) is 5.11 Å². The molecule has 1 aliphatic rings. The standard InChI is InChI=1S/C8H11NO5S/c10-5(3-7(12)13)4-9-6(11)1-2-15-8(9)14/h5,10H,1-4H2,(H,12,13). The Bertz CT molecular complexity index is 277. The van der Waals surface area contributed by atoms with Gasteiger partial charge in [0.1, 0.15) is 0 Å². The van der Waals surface area contributed by atoms with E-state index in [1.54, 1.807) is 0 Å². The van der Waals surface area contributed by atoms with Gasteiger partial charge in [-0.05, 0) is 0 Å². The van der Waals surface area contributed by atoms with Gasteiger partial charge in [0.05, 0.1) is 19.1 Å². The van der Waals surface area contributed by atoms with Crippen molar-refractivity contribution in [3.05, 3.63) is 0 Å². The summed E-state index contributed by atoms with van der Waals surface area (Å²) >= 11 is 0.998. The number of aliphatic hydroxyl groups excluding tert-OH is 1. The van der Waals surface area contributed by atoms with E-state index in [0.29, 0.717) is 5.75 Å². The molecule has 0 aliphatic carbocycles. The molecule has 1 aliphatic heterocycles. The second kappa shape index (κ2) is 5.13. The SMILES string of the molecule is O=C(O)CC(O)CN1C(=O)CCSC1=O. The Hall–Kier alpha value is -1.08. The number of thioether (sulfide) groups is 1. The number of amides is 2. The number of carboxylic acids is 1. The van der Waals surface area contributed by atoms with E-state index in [1.165, 1.54) is 0 Å². The maximum absolute atomic E-state index is 11.3. The summed E-state index contributed by atoms with van der Waals surface area (Å²) < 4.78 is 0. The molecule has 1 fully saturated rings. The molecular formula is C8H11NO5S. The molecule has 0 saturated carbocycles. The molecule has 0 aromatic rings. The third kappa shape index (κ3) is 3.52. The van der Waals surface area contributed by atoms with Crippen molar-refractivity contribution in [3.8, 4) is 0 Å². The normalized spacial score (nSPS) is 19.1. The first-order valence-corrected chi connectivity index (χ1v) is 5.36. The number of rotatable bonds is 4. The molecule has 15 heavy (non-hydrogen) atoms. The number of β-amino-alcohol motifs (C(OH)–C–C–N with tert-alkyl or cyclic N) is 1. The molecule has 1 rings (SSSR count). The van der Waals surface area contributed by atoms with Gasteiger partial charge >= 0.3 is 5.97 Å². The predicted molar refractivity (Wildman–Crippen MR) is 52.4 cm³/mol. The van der Waals surface area contributed by atoms with E-state index in [9.17, 15) is 19.5 Å². The van der Waals surface area contributed by atoms with Crippen LogP contribution in [0.5, 0.6) is 0 Å². The Kier molecular flexibility index (Phi) is 4.10. The first-order valence-electron chi connectivity index (χ1n) is 4.37. The number of carbonyl (C=O) groups excluding carboxylic acids is 2. The minimum atomic E-state index is -1.20. The number of carboxylic acid groups (broad SMARTS) is 1. The zero-order chi connectivity index (χ0) is 11.4. The molecule has 2 amide bonds. The molecule has 1 unspecified atom stereocenters. The van der Waals surface area contributed by atoms with Gasteiger partial charge in [-0.2, -0.15) is 0 Å². The highest BCUT2D eigenvalue weighted by atomic mass is 32.2. The van der Waals surface area contributed by atoms with E-state index >= 15 is 0 Å². The quantitative estimate of drug-likeness (QED) is 0.704. The molecule has 7 heteroatoms. The first-order chi connectivity index (χ1) is 7.00. The van der Waals surface area contributed by atoms with E-state index in [1.807, 2.05) is 0 Å². The van der Waals surface area contributed by atoms with Gasteiger partial charge in [0.25, 0.3) is 5.24 Å².